The van der Waals surface area contributed by atoms with Crippen LogP contribution in [0.1, 0.15) is 92.9 Å². The lowest BCUT2D eigenvalue weighted by Gasteiger charge is -2.17. The molecule has 1 N–H and O–H groups in total. The monoisotopic (exact) mass is 469 g/mol. The molecule has 0 bridgehead atoms. The summed E-state index contributed by atoms with van der Waals surface area (Å²) in [6.45, 7) is 16.8. The fourth-order valence-electron chi connectivity index (χ4n) is 2.83. The number of ketones is 2. The van der Waals surface area contributed by atoms with E-state index in [4.69, 9.17) is 4.74 Å². The van der Waals surface area contributed by atoms with Gasteiger partial charge in [-0.05, 0) is 41.4 Å². The Labute approximate surface area is 198 Å². The fraction of sp³-hybridized carbons (Fsp3) is 0.760. The van der Waals surface area contributed by atoms with Crippen molar-refractivity contribution in [2.75, 3.05) is 18.9 Å². The molecule has 184 valence electrons. The van der Waals surface area contributed by atoms with Gasteiger partial charge < -0.3 is 10.1 Å². The second-order valence-electron chi connectivity index (χ2n) is 10.7. The van der Waals surface area contributed by atoms with Crippen molar-refractivity contribution < 1.29 is 23.9 Å². The van der Waals surface area contributed by atoms with Gasteiger partial charge in [-0.2, -0.15) is 0 Å². The van der Waals surface area contributed by atoms with Gasteiger partial charge in [0.2, 0.25) is 5.91 Å². The number of esters is 1. The molecular weight excluding hydrogens is 426 g/mol. The Morgan fingerprint density at radius 2 is 1.38 bits per heavy atom. The van der Waals surface area contributed by atoms with Gasteiger partial charge >= 0.3 is 5.97 Å². The number of amides is 1. The van der Waals surface area contributed by atoms with Gasteiger partial charge in [-0.15, -0.1) is 11.8 Å². The molecule has 0 aromatic carbocycles. The Hall–Kier alpha value is -1.63. The van der Waals surface area contributed by atoms with Gasteiger partial charge in [-0.3, -0.25) is 19.2 Å². The highest BCUT2D eigenvalue weighted by atomic mass is 32.2. The van der Waals surface area contributed by atoms with Crippen LogP contribution in [0.3, 0.4) is 0 Å². The van der Waals surface area contributed by atoms with Crippen molar-refractivity contribution >= 4 is 35.2 Å². The summed E-state index contributed by atoms with van der Waals surface area (Å²) in [5.41, 5.74) is 0.398. The van der Waals surface area contributed by atoms with Crippen molar-refractivity contribution in [2.24, 2.45) is 10.8 Å². The van der Waals surface area contributed by atoms with Gasteiger partial charge in [-0.25, -0.2) is 0 Å². The lowest BCUT2D eigenvalue weighted by atomic mass is 9.89. The molecular formula is C25H43NO5S. The summed E-state index contributed by atoms with van der Waals surface area (Å²) in [6, 6.07) is 0. The molecule has 0 rings (SSSR count). The third-order valence-electron chi connectivity index (χ3n) is 4.59. The highest BCUT2D eigenvalue weighted by Crippen LogP contribution is 2.23. The number of carbonyl (C=O) groups is 4. The van der Waals surface area contributed by atoms with Gasteiger partial charge in [-0.1, -0.05) is 48.1 Å². The zero-order chi connectivity index (χ0) is 24.8. The van der Waals surface area contributed by atoms with E-state index in [-0.39, 0.29) is 54.3 Å². The maximum atomic E-state index is 11.9. The maximum absolute atomic E-state index is 11.9. The van der Waals surface area contributed by atoms with Crippen molar-refractivity contribution in [2.45, 2.75) is 92.9 Å². The van der Waals surface area contributed by atoms with Crippen LogP contribution in [0.2, 0.25) is 0 Å². The number of Topliss-reactive ketones (excluding diaryl/α,β-unsaturated/α-hetero) is 2. The summed E-state index contributed by atoms with van der Waals surface area (Å²) in [5, 5.41) is 2.65. The van der Waals surface area contributed by atoms with Crippen LogP contribution in [0.15, 0.2) is 11.5 Å². The molecule has 0 aromatic rings. The minimum Gasteiger partial charge on any atom is -0.463 e. The Morgan fingerprint density at radius 3 is 1.91 bits per heavy atom. The van der Waals surface area contributed by atoms with Gasteiger partial charge in [0.25, 0.3) is 0 Å². The van der Waals surface area contributed by atoms with E-state index in [2.05, 4.69) is 53.4 Å². The molecule has 0 heterocycles. The molecule has 0 aliphatic rings. The largest absolute Gasteiger partial charge is 0.463 e. The number of hydrogen-bond acceptors (Lipinski definition) is 6. The summed E-state index contributed by atoms with van der Waals surface area (Å²) in [6.07, 6.45) is 4.37. The first-order valence-corrected chi connectivity index (χ1v) is 12.4. The van der Waals surface area contributed by atoms with Crippen LogP contribution in [0, 0.1) is 10.8 Å². The van der Waals surface area contributed by atoms with Crippen LogP contribution in [-0.4, -0.2) is 42.3 Å². The van der Waals surface area contributed by atoms with E-state index in [0.717, 1.165) is 25.7 Å². The van der Waals surface area contributed by atoms with E-state index in [9.17, 15) is 19.2 Å². The maximum Gasteiger partial charge on any atom is 0.313 e. The molecule has 0 saturated heterocycles. The Balaban J connectivity index is 3.85. The lowest BCUT2D eigenvalue weighted by Crippen LogP contribution is -2.28. The smallest absolute Gasteiger partial charge is 0.313 e. The molecule has 0 aliphatic heterocycles. The predicted molar refractivity (Wildman–Crippen MR) is 131 cm³/mol. The molecule has 0 radical (unpaired) electrons. The zero-order valence-corrected chi connectivity index (χ0v) is 21.8. The van der Waals surface area contributed by atoms with Gasteiger partial charge in [0, 0.05) is 12.8 Å². The molecule has 0 atom stereocenters. The van der Waals surface area contributed by atoms with E-state index >= 15 is 0 Å². The van der Waals surface area contributed by atoms with Crippen LogP contribution < -0.4 is 5.32 Å². The molecule has 1 amide bonds. The highest BCUT2D eigenvalue weighted by Gasteiger charge is 2.15. The zero-order valence-electron chi connectivity index (χ0n) is 20.9. The molecule has 32 heavy (non-hydrogen) atoms. The Bertz CT molecular complexity index is 644. The predicted octanol–water partition coefficient (Wildman–Crippen LogP) is 5.24. The number of nitrogens with one attached hydrogen (secondary N) is 1. The average molecular weight is 470 g/mol. The summed E-state index contributed by atoms with van der Waals surface area (Å²) in [5.74, 6) is -0.426. The van der Waals surface area contributed by atoms with Crippen LogP contribution in [0.25, 0.3) is 0 Å². The van der Waals surface area contributed by atoms with Crippen LogP contribution >= 0.6 is 11.8 Å². The molecule has 0 aromatic heterocycles. The topological polar surface area (TPSA) is 89.5 Å². The van der Waals surface area contributed by atoms with Gasteiger partial charge in [0.1, 0.15) is 24.6 Å². The van der Waals surface area contributed by atoms with Crippen molar-refractivity contribution in [3.8, 4) is 0 Å². The van der Waals surface area contributed by atoms with Crippen molar-refractivity contribution in [1.82, 2.24) is 5.32 Å². The molecule has 0 spiro atoms. The summed E-state index contributed by atoms with van der Waals surface area (Å²) < 4.78 is 5.01. The minimum atomic E-state index is -0.565. The van der Waals surface area contributed by atoms with E-state index in [1.807, 2.05) is 0 Å². The quantitative estimate of drug-likeness (QED) is 0.189. The Kier molecular flexibility index (Phi) is 14.5. The average Bonchev–Trinajstić information content (AvgIpc) is 2.61. The third kappa shape index (κ3) is 20.3. The second kappa shape index (κ2) is 15.3. The Morgan fingerprint density at radius 1 is 0.844 bits per heavy atom. The van der Waals surface area contributed by atoms with Crippen molar-refractivity contribution in [3.05, 3.63) is 11.5 Å². The summed E-state index contributed by atoms with van der Waals surface area (Å²) in [4.78, 5) is 48.0. The van der Waals surface area contributed by atoms with E-state index in [1.54, 1.807) is 0 Å². The fourth-order valence-corrected chi connectivity index (χ4v) is 3.58. The molecule has 0 unspecified atom stereocenters. The summed E-state index contributed by atoms with van der Waals surface area (Å²) >= 11 is 1.30. The SMILES string of the molecule is C=C(CC(=O)NCCOC(=O)CC(=O)CCCC(C)(C)C)SCC(=O)CCCC(C)(C)C. The van der Waals surface area contributed by atoms with Gasteiger partial charge in [0.15, 0.2) is 0 Å². The standard InChI is InChI=1S/C25H43NO5S/c1-19(32-18-21(28)11-9-13-25(5,6)7)16-22(29)26-14-15-31-23(30)17-20(27)10-8-12-24(2,3)4/h1,8-18H2,2-7H3,(H,26,29). The van der Waals surface area contributed by atoms with Crippen molar-refractivity contribution in [1.29, 1.82) is 0 Å². The first-order valence-electron chi connectivity index (χ1n) is 11.4. The molecule has 7 heteroatoms. The number of hydrogen-bond donors (Lipinski definition) is 1. The number of carbonyl (C=O) groups excluding carboxylic acids is 4. The minimum absolute atomic E-state index is 0.0196. The van der Waals surface area contributed by atoms with E-state index in [1.165, 1.54) is 11.8 Å². The van der Waals surface area contributed by atoms with Crippen molar-refractivity contribution in [3.63, 3.8) is 0 Å². The number of ether oxygens (including phenoxy) is 1. The summed E-state index contributed by atoms with van der Waals surface area (Å²) in [7, 11) is 0. The lowest BCUT2D eigenvalue weighted by molar-refractivity contribution is -0.146. The van der Waals surface area contributed by atoms with Crippen LogP contribution in [0.5, 0.6) is 0 Å². The molecule has 6 nitrogen and oxygen atoms in total. The third-order valence-corrected chi connectivity index (χ3v) is 5.61. The van der Waals surface area contributed by atoms with Crippen LogP contribution in [0.4, 0.5) is 0 Å². The van der Waals surface area contributed by atoms with Crippen LogP contribution in [-0.2, 0) is 23.9 Å². The van der Waals surface area contributed by atoms with E-state index in [0.29, 0.717) is 23.5 Å². The highest BCUT2D eigenvalue weighted by molar-refractivity contribution is 8.03. The van der Waals surface area contributed by atoms with Gasteiger partial charge in [0.05, 0.1) is 18.7 Å². The molecule has 0 fully saturated rings. The normalized spacial score (nSPS) is 11.7. The number of thioether (sulfide) groups is 1. The first kappa shape index (κ1) is 30.4. The molecule has 0 aliphatic carbocycles. The van der Waals surface area contributed by atoms with E-state index < -0.39 is 5.97 Å². The molecule has 0 saturated carbocycles. The second-order valence-corrected chi connectivity index (χ2v) is 11.8. The first-order chi connectivity index (χ1) is 14.7. The number of rotatable bonds is 16.